The topological polar surface area (TPSA) is 75.7 Å². The summed E-state index contributed by atoms with van der Waals surface area (Å²) < 4.78 is 28.3. The second-order valence-corrected chi connectivity index (χ2v) is 7.14. The Morgan fingerprint density at radius 1 is 1.33 bits per heavy atom. The van der Waals surface area contributed by atoms with Crippen molar-refractivity contribution in [2.24, 2.45) is 0 Å². The van der Waals surface area contributed by atoms with Crippen molar-refractivity contribution in [1.82, 2.24) is 10.2 Å². The molecule has 1 aliphatic rings. The van der Waals surface area contributed by atoms with Crippen molar-refractivity contribution in [2.45, 2.75) is 17.7 Å². The monoisotopic (exact) mass is 312 g/mol. The van der Waals surface area contributed by atoms with Gasteiger partial charge in [0.2, 0.25) is 0 Å². The maximum atomic E-state index is 12.2. The molecule has 1 saturated heterocycles. The lowest BCUT2D eigenvalue weighted by molar-refractivity contribution is 0.0926. The van der Waals surface area contributed by atoms with Gasteiger partial charge in [-0.3, -0.25) is 9.69 Å². The number of sulfone groups is 1. The number of likely N-dealkylation sites (tertiary alicyclic amines) is 1. The third kappa shape index (κ3) is 3.95. The van der Waals surface area contributed by atoms with Gasteiger partial charge in [-0.25, -0.2) is 8.42 Å². The van der Waals surface area contributed by atoms with Crippen molar-refractivity contribution in [3.63, 3.8) is 0 Å². The van der Waals surface area contributed by atoms with Crippen molar-refractivity contribution < 1.29 is 17.9 Å². The van der Waals surface area contributed by atoms with Crippen molar-refractivity contribution in [1.29, 1.82) is 0 Å². The SMILES string of the molecule is COc1ccc(S(C)(=O)=O)cc1C(=O)NCN1CCCC1. The van der Waals surface area contributed by atoms with Gasteiger partial charge in [0.1, 0.15) is 5.75 Å². The number of benzene rings is 1. The Labute approximate surface area is 125 Å². The summed E-state index contributed by atoms with van der Waals surface area (Å²) in [5.41, 5.74) is 0.236. The van der Waals surface area contributed by atoms with Crippen molar-refractivity contribution in [3.05, 3.63) is 23.8 Å². The number of methoxy groups -OCH3 is 1. The van der Waals surface area contributed by atoms with E-state index in [4.69, 9.17) is 4.74 Å². The Hall–Kier alpha value is -1.60. The smallest absolute Gasteiger partial charge is 0.256 e. The Kier molecular flexibility index (Phi) is 4.84. The van der Waals surface area contributed by atoms with Gasteiger partial charge in [-0.1, -0.05) is 0 Å². The van der Waals surface area contributed by atoms with Crippen LogP contribution < -0.4 is 10.1 Å². The van der Waals surface area contributed by atoms with E-state index < -0.39 is 9.84 Å². The lowest BCUT2D eigenvalue weighted by atomic mass is 10.2. The fourth-order valence-electron chi connectivity index (χ4n) is 2.31. The molecule has 0 aliphatic carbocycles. The normalized spacial score (nSPS) is 15.9. The molecular formula is C14H20N2O4S. The predicted molar refractivity (Wildman–Crippen MR) is 79.2 cm³/mol. The summed E-state index contributed by atoms with van der Waals surface area (Å²) in [7, 11) is -1.91. The van der Waals surface area contributed by atoms with E-state index >= 15 is 0 Å². The van der Waals surface area contributed by atoms with Crippen molar-refractivity contribution >= 4 is 15.7 Å². The number of nitrogens with one attached hydrogen (secondary N) is 1. The molecule has 1 heterocycles. The van der Waals surface area contributed by atoms with Gasteiger partial charge < -0.3 is 10.1 Å². The highest BCUT2D eigenvalue weighted by Gasteiger charge is 2.18. The molecule has 0 spiro atoms. The van der Waals surface area contributed by atoms with E-state index in [-0.39, 0.29) is 16.4 Å². The first kappa shape index (κ1) is 15.8. The second-order valence-electron chi connectivity index (χ2n) is 5.12. The molecule has 0 radical (unpaired) electrons. The van der Waals surface area contributed by atoms with Gasteiger partial charge in [0.25, 0.3) is 5.91 Å². The third-order valence-electron chi connectivity index (χ3n) is 3.51. The number of amides is 1. The van der Waals surface area contributed by atoms with Crippen molar-refractivity contribution in [3.8, 4) is 5.75 Å². The average Bonchev–Trinajstić information content (AvgIpc) is 2.96. The second kappa shape index (κ2) is 6.44. The van der Waals surface area contributed by atoms with Crippen LogP contribution in [0.3, 0.4) is 0 Å². The van der Waals surface area contributed by atoms with E-state index in [1.54, 1.807) is 0 Å². The van der Waals surface area contributed by atoms with Gasteiger partial charge in [-0.05, 0) is 44.1 Å². The molecular weight excluding hydrogens is 292 g/mol. The number of nitrogens with zero attached hydrogens (tertiary/aromatic N) is 1. The Morgan fingerprint density at radius 2 is 2.00 bits per heavy atom. The number of hydrogen-bond donors (Lipinski definition) is 1. The van der Waals surface area contributed by atoms with Crippen LogP contribution in [-0.4, -0.2) is 52.3 Å². The van der Waals surface area contributed by atoms with Crippen molar-refractivity contribution in [2.75, 3.05) is 33.1 Å². The molecule has 7 heteroatoms. The molecule has 1 N–H and O–H groups in total. The van der Waals surface area contributed by atoms with Gasteiger partial charge in [0.15, 0.2) is 9.84 Å². The lowest BCUT2D eigenvalue weighted by Crippen LogP contribution is -2.36. The largest absolute Gasteiger partial charge is 0.496 e. The molecule has 1 aliphatic heterocycles. The molecule has 0 unspecified atom stereocenters. The molecule has 6 nitrogen and oxygen atoms in total. The number of carbonyl (C=O) groups is 1. The van der Waals surface area contributed by atoms with Crippen LogP contribution in [0.25, 0.3) is 0 Å². The van der Waals surface area contributed by atoms with Gasteiger partial charge in [-0.15, -0.1) is 0 Å². The highest BCUT2D eigenvalue weighted by atomic mass is 32.2. The first-order chi connectivity index (χ1) is 9.91. The number of ether oxygens (including phenoxy) is 1. The van der Waals surface area contributed by atoms with Gasteiger partial charge in [0.05, 0.1) is 24.2 Å². The zero-order chi connectivity index (χ0) is 15.5. The molecule has 0 bridgehead atoms. The summed E-state index contributed by atoms with van der Waals surface area (Å²) in [5.74, 6) is 0.0329. The first-order valence-corrected chi connectivity index (χ1v) is 8.69. The van der Waals surface area contributed by atoms with E-state index in [0.29, 0.717) is 12.4 Å². The molecule has 1 aromatic rings. The summed E-state index contributed by atoms with van der Waals surface area (Å²) >= 11 is 0. The van der Waals surface area contributed by atoms with E-state index in [0.717, 1.165) is 32.2 Å². The minimum atomic E-state index is -3.36. The maximum Gasteiger partial charge on any atom is 0.256 e. The molecule has 2 rings (SSSR count). The summed E-state index contributed by atoms with van der Waals surface area (Å²) in [6, 6.07) is 4.29. The minimum absolute atomic E-state index is 0.106. The van der Waals surface area contributed by atoms with E-state index in [9.17, 15) is 13.2 Å². The van der Waals surface area contributed by atoms with Crippen LogP contribution in [0.15, 0.2) is 23.1 Å². The van der Waals surface area contributed by atoms with Crippen LogP contribution in [0.2, 0.25) is 0 Å². The van der Waals surface area contributed by atoms with Gasteiger partial charge >= 0.3 is 0 Å². The quantitative estimate of drug-likeness (QED) is 0.873. The Bertz CT molecular complexity index is 622. The Morgan fingerprint density at radius 3 is 2.57 bits per heavy atom. The van der Waals surface area contributed by atoms with E-state index in [1.807, 2.05) is 0 Å². The van der Waals surface area contributed by atoms with Gasteiger partial charge in [0, 0.05) is 6.26 Å². The van der Waals surface area contributed by atoms with Gasteiger partial charge in [-0.2, -0.15) is 0 Å². The summed E-state index contributed by atoms with van der Waals surface area (Å²) in [6.45, 7) is 2.41. The van der Waals surface area contributed by atoms with Crippen LogP contribution in [0, 0.1) is 0 Å². The molecule has 1 fully saturated rings. The molecule has 116 valence electrons. The molecule has 1 amide bonds. The maximum absolute atomic E-state index is 12.2. The minimum Gasteiger partial charge on any atom is -0.496 e. The average molecular weight is 312 g/mol. The first-order valence-electron chi connectivity index (χ1n) is 6.80. The highest BCUT2D eigenvalue weighted by Crippen LogP contribution is 2.22. The van der Waals surface area contributed by atoms with E-state index in [2.05, 4.69) is 10.2 Å². The molecule has 21 heavy (non-hydrogen) atoms. The summed E-state index contributed by atoms with van der Waals surface area (Å²) in [6.07, 6.45) is 3.40. The number of rotatable bonds is 5. The van der Waals surface area contributed by atoms with Crippen LogP contribution in [-0.2, 0) is 9.84 Å². The molecule has 0 atom stereocenters. The molecule has 1 aromatic carbocycles. The number of carbonyl (C=O) groups excluding carboxylic acids is 1. The fraction of sp³-hybridized carbons (Fsp3) is 0.500. The molecule has 0 aromatic heterocycles. The van der Waals surface area contributed by atoms with Crippen LogP contribution in [0.5, 0.6) is 5.75 Å². The fourth-order valence-corrected chi connectivity index (χ4v) is 2.96. The summed E-state index contributed by atoms with van der Waals surface area (Å²) in [4.78, 5) is 14.5. The highest BCUT2D eigenvalue weighted by molar-refractivity contribution is 7.90. The van der Waals surface area contributed by atoms with Crippen LogP contribution in [0.4, 0.5) is 0 Å². The van der Waals surface area contributed by atoms with E-state index in [1.165, 1.54) is 25.3 Å². The zero-order valence-electron chi connectivity index (χ0n) is 12.3. The molecule has 0 saturated carbocycles. The predicted octanol–water partition coefficient (Wildman–Crippen LogP) is 0.882. The Balaban J connectivity index is 2.17. The third-order valence-corrected chi connectivity index (χ3v) is 4.62. The van der Waals surface area contributed by atoms with Crippen LogP contribution >= 0.6 is 0 Å². The standard InChI is InChI=1S/C14H20N2O4S/c1-20-13-6-5-11(21(2,18)19)9-12(13)14(17)15-10-16-7-3-4-8-16/h5-6,9H,3-4,7-8,10H2,1-2H3,(H,15,17). The summed E-state index contributed by atoms with van der Waals surface area (Å²) in [5, 5.41) is 2.81. The van der Waals surface area contributed by atoms with Crippen LogP contribution in [0.1, 0.15) is 23.2 Å². The number of hydrogen-bond acceptors (Lipinski definition) is 5. The lowest BCUT2D eigenvalue weighted by Gasteiger charge is -2.16. The zero-order valence-corrected chi connectivity index (χ0v) is 13.1.